The molecule has 0 unspecified atom stereocenters. The maximum absolute atomic E-state index is 13.4. The molecule has 15 heteroatoms. The molecule has 1 aromatic heterocycles. The molecule has 214 valence electrons. The van der Waals surface area contributed by atoms with Gasteiger partial charge in [0, 0.05) is 25.2 Å². The number of methoxy groups -OCH3 is 1. The van der Waals surface area contributed by atoms with Crippen LogP contribution >= 0.6 is 7.60 Å². The van der Waals surface area contributed by atoms with E-state index in [0.717, 1.165) is 22.5 Å². The van der Waals surface area contributed by atoms with Crippen LogP contribution in [0.1, 0.15) is 47.8 Å². The summed E-state index contributed by atoms with van der Waals surface area (Å²) in [5, 5.41) is 10.7. The zero-order valence-corrected chi connectivity index (χ0v) is 23.3. The van der Waals surface area contributed by atoms with Gasteiger partial charge in [-0.3, -0.25) is 37.5 Å². The molecule has 2 rings (SSSR count). The molecule has 4 atom stereocenters. The van der Waals surface area contributed by atoms with Gasteiger partial charge < -0.3 is 24.1 Å². The third-order valence-electron chi connectivity index (χ3n) is 5.18. The van der Waals surface area contributed by atoms with Crippen LogP contribution < -0.4 is 11.2 Å². The Morgan fingerprint density at radius 1 is 1.08 bits per heavy atom. The van der Waals surface area contributed by atoms with Crippen LogP contribution in [0.2, 0.25) is 0 Å². The molecule has 0 aliphatic carbocycles. The topological polar surface area (TPSA) is 182 Å². The molecule has 1 fully saturated rings. The minimum atomic E-state index is -4.23. The fourth-order valence-electron chi connectivity index (χ4n) is 2.99. The van der Waals surface area contributed by atoms with Crippen molar-refractivity contribution >= 4 is 19.5 Å². The Bertz CT molecular complexity index is 1140. The van der Waals surface area contributed by atoms with E-state index in [2.05, 4.69) is 4.98 Å². The standard InChI is InChI=1S/C23H35N2O12P/c1-22(2,3)19(28)33-12-35-38(31,36-13-34-20(29)23(4,5)6)11-9-14-16(27)17(32-7)18(37-14)25-10-8-15(26)24-21(25)30/h8-11,14,16-18,27H,12-13H2,1-7H3,(H,24,26,30)/b11-9-/t14-,16+,17+,18-/m1/s1. The van der Waals surface area contributed by atoms with Crippen molar-refractivity contribution in [3.63, 3.8) is 0 Å². The van der Waals surface area contributed by atoms with Gasteiger partial charge in [0.2, 0.25) is 13.6 Å². The number of aliphatic hydroxyl groups excluding tert-OH is 1. The van der Waals surface area contributed by atoms with E-state index in [0.29, 0.717) is 0 Å². The summed E-state index contributed by atoms with van der Waals surface area (Å²) in [6.07, 6.45) is -2.36. The van der Waals surface area contributed by atoms with E-state index in [9.17, 15) is 28.8 Å². The Balaban J connectivity index is 2.22. The first-order valence-electron chi connectivity index (χ1n) is 11.6. The van der Waals surface area contributed by atoms with Crippen LogP contribution in [0.4, 0.5) is 0 Å². The first-order valence-corrected chi connectivity index (χ1v) is 13.2. The Kier molecular flexibility index (Phi) is 10.4. The summed E-state index contributed by atoms with van der Waals surface area (Å²) in [6.45, 7) is 8.22. The molecule has 2 heterocycles. The summed E-state index contributed by atoms with van der Waals surface area (Å²) in [6, 6.07) is 1.10. The van der Waals surface area contributed by atoms with E-state index in [-0.39, 0.29) is 0 Å². The minimum Gasteiger partial charge on any atom is -0.438 e. The summed E-state index contributed by atoms with van der Waals surface area (Å²) in [4.78, 5) is 49.7. The summed E-state index contributed by atoms with van der Waals surface area (Å²) in [5.74, 6) is -0.306. The van der Waals surface area contributed by atoms with Gasteiger partial charge in [0.15, 0.2) is 6.23 Å². The molecule has 0 amide bonds. The second-order valence-corrected chi connectivity index (χ2v) is 12.3. The normalized spacial score (nSPS) is 22.5. The molecule has 0 saturated carbocycles. The van der Waals surface area contributed by atoms with Crippen LogP contribution in [0.3, 0.4) is 0 Å². The van der Waals surface area contributed by atoms with Gasteiger partial charge in [0.1, 0.15) is 18.3 Å². The van der Waals surface area contributed by atoms with Crippen molar-refractivity contribution in [2.75, 3.05) is 20.7 Å². The van der Waals surface area contributed by atoms with Gasteiger partial charge in [0.25, 0.3) is 5.56 Å². The van der Waals surface area contributed by atoms with Crippen molar-refractivity contribution in [2.24, 2.45) is 10.8 Å². The molecule has 1 saturated heterocycles. The average Bonchev–Trinajstić information content (AvgIpc) is 3.11. The van der Waals surface area contributed by atoms with E-state index in [1.807, 2.05) is 0 Å². The Labute approximate surface area is 219 Å². The number of H-pyrrole nitrogens is 1. The maximum atomic E-state index is 13.4. The molecule has 1 aromatic rings. The molecule has 1 aliphatic rings. The van der Waals surface area contributed by atoms with E-state index >= 15 is 0 Å². The number of aliphatic hydroxyl groups is 1. The van der Waals surface area contributed by atoms with Gasteiger partial charge >= 0.3 is 25.2 Å². The van der Waals surface area contributed by atoms with Gasteiger partial charge in [-0.1, -0.05) is 0 Å². The number of rotatable bonds is 10. The van der Waals surface area contributed by atoms with Crippen LogP contribution in [0.5, 0.6) is 0 Å². The highest BCUT2D eigenvalue weighted by molar-refractivity contribution is 7.57. The quantitative estimate of drug-likeness (QED) is 0.239. The number of nitrogens with zero attached hydrogens (tertiary/aromatic N) is 1. The number of aromatic nitrogens is 2. The maximum Gasteiger partial charge on any atom is 0.359 e. The zero-order valence-electron chi connectivity index (χ0n) is 22.4. The molecule has 0 bridgehead atoms. The van der Waals surface area contributed by atoms with Gasteiger partial charge in [-0.25, -0.2) is 4.79 Å². The lowest BCUT2D eigenvalue weighted by Crippen LogP contribution is -2.38. The zero-order chi connectivity index (χ0) is 28.9. The highest BCUT2D eigenvalue weighted by atomic mass is 31.2. The van der Waals surface area contributed by atoms with Crippen LogP contribution in [-0.4, -0.2) is 65.6 Å². The number of aromatic amines is 1. The van der Waals surface area contributed by atoms with Crippen molar-refractivity contribution in [1.29, 1.82) is 0 Å². The van der Waals surface area contributed by atoms with Gasteiger partial charge in [0.05, 0.1) is 10.8 Å². The van der Waals surface area contributed by atoms with Crippen molar-refractivity contribution < 1.29 is 47.3 Å². The van der Waals surface area contributed by atoms with Crippen LogP contribution in [0, 0.1) is 10.8 Å². The van der Waals surface area contributed by atoms with E-state index in [1.165, 1.54) is 13.3 Å². The summed E-state index contributed by atoms with van der Waals surface area (Å²) in [5.41, 5.74) is -3.11. The van der Waals surface area contributed by atoms with Gasteiger partial charge in [-0.15, -0.1) is 0 Å². The molecular formula is C23H35N2O12P. The Hall–Kier alpha value is -2.61. The fourth-order valence-corrected chi connectivity index (χ4v) is 4.02. The molecule has 38 heavy (non-hydrogen) atoms. The highest BCUT2D eigenvalue weighted by Gasteiger charge is 2.45. The summed E-state index contributed by atoms with van der Waals surface area (Å²) in [7, 11) is -2.95. The van der Waals surface area contributed by atoms with E-state index in [1.54, 1.807) is 41.5 Å². The molecule has 1 aliphatic heterocycles. The second-order valence-electron chi connectivity index (χ2n) is 10.4. The van der Waals surface area contributed by atoms with Crippen LogP contribution in [0.25, 0.3) is 0 Å². The lowest BCUT2D eigenvalue weighted by Gasteiger charge is -2.20. The third kappa shape index (κ3) is 8.45. The number of nitrogens with one attached hydrogen (secondary N) is 1. The molecule has 0 aromatic carbocycles. The van der Waals surface area contributed by atoms with E-state index in [4.69, 9.17) is 28.0 Å². The lowest BCUT2D eigenvalue weighted by atomic mass is 9.98. The van der Waals surface area contributed by atoms with Crippen LogP contribution in [0.15, 0.2) is 33.7 Å². The van der Waals surface area contributed by atoms with E-state index < -0.39 is 79.7 Å². The number of carbonyl (C=O) groups excluding carboxylic acids is 2. The first-order chi connectivity index (χ1) is 17.5. The SMILES string of the molecule is CO[C@H]1[C@@H](O)[C@@H](/C=C\P(=O)(OCOC(=O)C(C)(C)C)OCOC(=O)C(C)(C)C)O[C@H]1n1ccc(=O)[nH]c1=O. The Morgan fingerprint density at radius 2 is 1.61 bits per heavy atom. The van der Waals surface area contributed by atoms with Crippen molar-refractivity contribution in [2.45, 2.75) is 66.1 Å². The van der Waals surface area contributed by atoms with Crippen LogP contribution in [-0.2, 0) is 42.1 Å². The lowest BCUT2D eigenvalue weighted by molar-refractivity contribution is -0.161. The van der Waals surface area contributed by atoms with Gasteiger partial charge in [-0.05, 0) is 47.6 Å². The first kappa shape index (κ1) is 31.6. The minimum absolute atomic E-state index is 0.621. The summed E-state index contributed by atoms with van der Waals surface area (Å²) < 4.78 is 45.8. The number of hydrogen-bond acceptors (Lipinski definition) is 12. The molecule has 14 nitrogen and oxygen atoms in total. The number of hydrogen-bond donors (Lipinski definition) is 2. The smallest absolute Gasteiger partial charge is 0.359 e. The Morgan fingerprint density at radius 3 is 2.05 bits per heavy atom. The average molecular weight is 563 g/mol. The highest BCUT2D eigenvalue weighted by Crippen LogP contribution is 2.50. The number of esters is 2. The fraction of sp³-hybridized carbons (Fsp3) is 0.652. The molecule has 2 N–H and O–H groups in total. The third-order valence-corrected chi connectivity index (χ3v) is 6.64. The molecule has 0 radical (unpaired) electrons. The van der Waals surface area contributed by atoms with Crippen molar-refractivity contribution in [3.8, 4) is 0 Å². The molecular weight excluding hydrogens is 527 g/mol. The summed E-state index contributed by atoms with van der Waals surface area (Å²) >= 11 is 0. The molecule has 0 spiro atoms. The van der Waals surface area contributed by atoms with Crippen molar-refractivity contribution in [1.82, 2.24) is 9.55 Å². The number of carbonyl (C=O) groups is 2. The number of ether oxygens (including phenoxy) is 4. The second kappa shape index (κ2) is 12.5. The monoisotopic (exact) mass is 562 g/mol. The largest absolute Gasteiger partial charge is 0.438 e. The van der Waals surface area contributed by atoms with Gasteiger partial charge in [-0.2, -0.15) is 0 Å². The van der Waals surface area contributed by atoms with Crippen molar-refractivity contribution in [3.05, 3.63) is 45.0 Å². The predicted octanol–water partition coefficient (Wildman–Crippen LogP) is 1.64. The predicted molar refractivity (Wildman–Crippen MR) is 132 cm³/mol.